The first-order chi connectivity index (χ1) is 10.4. The van der Waals surface area contributed by atoms with Crippen molar-refractivity contribution in [2.75, 3.05) is 18.1 Å². The quantitative estimate of drug-likeness (QED) is 0.856. The van der Waals surface area contributed by atoms with Gasteiger partial charge in [0, 0.05) is 24.7 Å². The molecule has 0 heterocycles. The van der Waals surface area contributed by atoms with Crippen LogP contribution in [-0.4, -0.2) is 37.5 Å². The van der Waals surface area contributed by atoms with Gasteiger partial charge in [-0.1, -0.05) is 0 Å². The number of nitrogens with one attached hydrogen (secondary N) is 1. The summed E-state index contributed by atoms with van der Waals surface area (Å²) in [6.45, 7) is 3.38. The van der Waals surface area contributed by atoms with E-state index in [0.717, 1.165) is 30.5 Å². The van der Waals surface area contributed by atoms with Crippen LogP contribution in [0.5, 0.6) is 0 Å². The fourth-order valence-corrected chi connectivity index (χ4v) is 3.17. The van der Waals surface area contributed by atoms with Gasteiger partial charge in [-0.15, -0.1) is 0 Å². The number of halogens is 3. The maximum absolute atomic E-state index is 12.4. The molecule has 0 aliphatic heterocycles. The van der Waals surface area contributed by atoms with Crippen molar-refractivity contribution in [2.45, 2.75) is 32.5 Å². The second kappa shape index (κ2) is 7.31. The van der Waals surface area contributed by atoms with Crippen molar-refractivity contribution >= 4 is 21.6 Å². The van der Waals surface area contributed by atoms with Crippen molar-refractivity contribution in [3.05, 3.63) is 29.8 Å². The predicted octanol–water partition coefficient (Wildman–Crippen LogP) is 2.70. The van der Waals surface area contributed by atoms with Gasteiger partial charge < -0.3 is 5.32 Å². The number of alkyl halides is 3. The number of benzene rings is 1. The molecule has 0 aromatic heterocycles. The van der Waals surface area contributed by atoms with Gasteiger partial charge in [-0.05, 0) is 38.1 Å². The Morgan fingerprint density at radius 2 is 1.74 bits per heavy atom. The minimum atomic E-state index is -4.43. The van der Waals surface area contributed by atoms with Gasteiger partial charge in [-0.25, -0.2) is 8.42 Å². The fraction of sp³-hybridized carbons (Fsp3) is 0.500. The fourth-order valence-electron chi connectivity index (χ4n) is 1.98. The zero-order valence-corrected chi connectivity index (χ0v) is 13.8. The molecule has 1 rings (SSSR count). The Kier molecular flexibility index (Phi) is 6.18. The summed E-state index contributed by atoms with van der Waals surface area (Å²) in [5.74, 6) is -0.473. The molecule has 0 unspecified atom stereocenters. The smallest absolute Gasteiger partial charge is 0.326 e. The number of amides is 1. The SMILES string of the molecule is CC(C)N(CCC(=O)Nc1ccc(C(F)(F)F)cc1)S(C)(=O)=O. The molecule has 0 saturated heterocycles. The van der Waals surface area contributed by atoms with Gasteiger partial charge >= 0.3 is 6.18 Å². The summed E-state index contributed by atoms with van der Waals surface area (Å²) in [5, 5.41) is 2.44. The number of carbonyl (C=O) groups excluding carboxylic acids is 1. The van der Waals surface area contributed by atoms with Crippen molar-refractivity contribution in [3.8, 4) is 0 Å². The molecular formula is C14H19F3N2O3S. The van der Waals surface area contributed by atoms with Gasteiger partial charge in [0.15, 0.2) is 0 Å². The first-order valence-electron chi connectivity index (χ1n) is 6.85. The Balaban J connectivity index is 2.63. The summed E-state index contributed by atoms with van der Waals surface area (Å²) < 4.78 is 61.6. The molecule has 0 aliphatic carbocycles. The highest BCUT2D eigenvalue weighted by molar-refractivity contribution is 7.88. The normalized spacial score (nSPS) is 12.7. The van der Waals surface area contributed by atoms with Crippen LogP contribution in [-0.2, 0) is 21.0 Å². The summed E-state index contributed by atoms with van der Waals surface area (Å²) in [6.07, 6.45) is -3.47. The highest BCUT2D eigenvalue weighted by Crippen LogP contribution is 2.29. The lowest BCUT2D eigenvalue weighted by Gasteiger charge is -2.23. The number of anilines is 1. The molecule has 130 valence electrons. The Bertz CT molecular complexity index is 640. The average Bonchev–Trinajstić information content (AvgIpc) is 2.36. The van der Waals surface area contributed by atoms with Crippen molar-refractivity contribution in [1.82, 2.24) is 4.31 Å². The topological polar surface area (TPSA) is 66.5 Å². The van der Waals surface area contributed by atoms with E-state index in [2.05, 4.69) is 5.32 Å². The molecule has 1 amide bonds. The van der Waals surface area contributed by atoms with Crippen LogP contribution in [0.2, 0.25) is 0 Å². The molecular weight excluding hydrogens is 333 g/mol. The number of rotatable bonds is 6. The summed E-state index contributed by atoms with van der Waals surface area (Å²) in [4.78, 5) is 11.8. The number of hydrogen-bond donors (Lipinski definition) is 1. The van der Waals surface area contributed by atoms with Crippen LogP contribution >= 0.6 is 0 Å². The third-order valence-electron chi connectivity index (χ3n) is 3.06. The van der Waals surface area contributed by atoms with Gasteiger partial charge in [-0.3, -0.25) is 4.79 Å². The number of sulfonamides is 1. The lowest BCUT2D eigenvalue weighted by Crippen LogP contribution is -2.38. The summed E-state index contributed by atoms with van der Waals surface area (Å²) in [5.41, 5.74) is -0.586. The first kappa shape index (κ1) is 19.4. The lowest BCUT2D eigenvalue weighted by molar-refractivity contribution is -0.137. The standard InChI is InChI=1S/C14H19F3N2O3S/c1-10(2)19(23(3,21)22)9-8-13(20)18-12-6-4-11(5-7-12)14(15,16)17/h4-7,10H,8-9H2,1-3H3,(H,18,20). The van der Waals surface area contributed by atoms with Crippen LogP contribution in [0.15, 0.2) is 24.3 Å². The minimum Gasteiger partial charge on any atom is -0.326 e. The molecule has 1 N–H and O–H groups in total. The highest BCUT2D eigenvalue weighted by Gasteiger charge is 2.30. The van der Waals surface area contributed by atoms with E-state index in [-0.39, 0.29) is 24.7 Å². The molecule has 9 heteroatoms. The second-order valence-corrected chi connectivity index (χ2v) is 7.28. The van der Waals surface area contributed by atoms with Crippen LogP contribution in [0.4, 0.5) is 18.9 Å². The van der Waals surface area contributed by atoms with Crippen molar-refractivity contribution in [3.63, 3.8) is 0 Å². The van der Waals surface area contributed by atoms with Crippen LogP contribution in [0.25, 0.3) is 0 Å². The van der Waals surface area contributed by atoms with E-state index < -0.39 is 27.7 Å². The van der Waals surface area contributed by atoms with E-state index in [1.807, 2.05) is 0 Å². The van der Waals surface area contributed by atoms with Gasteiger partial charge in [-0.2, -0.15) is 17.5 Å². The highest BCUT2D eigenvalue weighted by atomic mass is 32.2. The largest absolute Gasteiger partial charge is 0.416 e. The number of nitrogens with zero attached hydrogens (tertiary/aromatic N) is 1. The van der Waals surface area contributed by atoms with E-state index in [9.17, 15) is 26.4 Å². The second-order valence-electron chi connectivity index (χ2n) is 5.34. The molecule has 1 aromatic carbocycles. The maximum Gasteiger partial charge on any atom is 0.416 e. The molecule has 5 nitrogen and oxygen atoms in total. The van der Waals surface area contributed by atoms with Crippen LogP contribution in [0.1, 0.15) is 25.8 Å². The number of carbonyl (C=O) groups is 1. The predicted molar refractivity (Wildman–Crippen MR) is 81.4 cm³/mol. The van der Waals surface area contributed by atoms with Crippen LogP contribution < -0.4 is 5.32 Å². The van der Waals surface area contributed by atoms with E-state index in [4.69, 9.17) is 0 Å². The zero-order chi connectivity index (χ0) is 17.8. The molecule has 0 spiro atoms. The van der Waals surface area contributed by atoms with E-state index in [1.54, 1.807) is 13.8 Å². The average molecular weight is 352 g/mol. The zero-order valence-electron chi connectivity index (χ0n) is 13.0. The Morgan fingerprint density at radius 1 is 1.22 bits per heavy atom. The van der Waals surface area contributed by atoms with Gasteiger partial charge in [0.1, 0.15) is 0 Å². The van der Waals surface area contributed by atoms with Crippen LogP contribution in [0, 0.1) is 0 Å². The summed E-state index contributed by atoms with van der Waals surface area (Å²) >= 11 is 0. The maximum atomic E-state index is 12.4. The van der Waals surface area contributed by atoms with Gasteiger partial charge in [0.25, 0.3) is 0 Å². The molecule has 0 bridgehead atoms. The van der Waals surface area contributed by atoms with E-state index in [1.165, 1.54) is 4.31 Å². The van der Waals surface area contributed by atoms with E-state index >= 15 is 0 Å². The first-order valence-corrected chi connectivity index (χ1v) is 8.70. The molecule has 1 aromatic rings. The molecule has 23 heavy (non-hydrogen) atoms. The minimum absolute atomic E-state index is 0.00294. The molecule has 0 saturated carbocycles. The van der Waals surface area contributed by atoms with Gasteiger partial charge in [0.05, 0.1) is 11.8 Å². The third kappa shape index (κ3) is 6.19. The molecule has 0 aliphatic rings. The summed E-state index contributed by atoms with van der Waals surface area (Å²) in [7, 11) is -3.43. The Labute approximate surface area is 133 Å². The van der Waals surface area contributed by atoms with Crippen LogP contribution in [0.3, 0.4) is 0 Å². The van der Waals surface area contributed by atoms with Crippen molar-refractivity contribution in [1.29, 1.82) is 0 Å². The lowest BCUT2D eigenvalue weighted by atomic mass is 10.2. The molecule has 0 fully saturated rings. The summed E-state index contributed by atoms with van der Waals surface area (Å²) in [6, 6.07) is 3.75. The van der Waals surface area contributed by atoms with Crippen molar-refractivity contribution in [2.24, 2.45) is 0 Å². The monoisotopic (exact) mass is 352 g/mol. The van der Waals surface area contributed by atoms with E-state index in [0.29, 0.717) is 0 Å². The number of hydrogen-bond acceptors (Lipinski definition) is 3. The third-order valence-corrected chi connectivity index (χ3v) is 4.51. The van der Waals surface area contributed by atoms with Crippen molar-refractivity contribution < 1.29 is 26.4 Å². The van der Waals surface area contributed by atoms with Gasteiger partial charge in [0.2, 0.25) is 15.9 Å². The molecule has 0 atom stereocenters. The Hall–Kier alpha value is -1.61. The Morgan fingerprint density at radius 3 is 2.13 bits per heavy atom. The molecule has 0 radical (unpaired) electrons.